The van der Waals surface area contributed by atoms with Crippen molar-refractivity contribution in [3.05, 3.63) is 41.1 Å². The molecule has 0 amide bonds. The molecule has 66 valence electrons. The van der Waals surface area contributed by atoms with E-state index < -0.39 is 0 Å². The third kappa shape index (κ3) is 1.53. The van der Waals surface area contributed by atoms with Gasteiger partial charge in [-0.25, -0.2) is 0 Å². The molecule has 0 unspecified atom stereocenters. The van der Waals surface area contributed by atoms with Crippen LogP contribution in [0.5, 0.6) is 0 Å². The Morgan fingerprint density at radius 2 is 2.00 bits per heavy atom. The van der Waals surface area contributed by atoms with E-state index in [-0.39, 0.29) is 0 Å². The first-order chi connectivity index (χ1) is 6.27. The molecule has 2 rings (SSSR count). The average Bonchev–Trinajstić information content (AvgIpc) is 2.47. The number of aromatic nitrogens is 2. The quantitative estimate of drug-likeness (QED) is 0.554. The molecule has 0 saturated carbocycles. The molecule has 0 saturated heterocycles. The number of hydrogen-bond donors (Lipinski definition) is 1. The number of aromatic amines is 1. The lowest BCUT2D eigenvalue weighted by Gasteiger charge is -1.87. The second kappa shape index (κ2) is 3.14. The van der Waals surface area contributed by atoms with Crippen molar-refractivity contribution in [2.75, 3.05) is 0 Å². The molecule has 0 bridgehead atoms. The molecule has 1 aromatic heterocycles. The molecule has 0 atom stereocenters. The summed E-state index contributed by atoms with van der Waals surface area (Å²) in [7, 11) is 0. The molecule has 0 radical (unpaired) electrons. The highest BCUT2D eigenvalue weighted by molar-refractivity contribution is 7.71. The summed E-state index contributed by atoms with van der Waals surface area (Å²) in [5.74, 6) is 0.746. The summed E-state index contributed by atoms with van der Waals surface area (Å²) in [6.45, 7) is 1.86. The van der Waals surface area contributed by atoms with Gasteiger partial charge in [-0.05, 0) is 16.9 Å². The minimum absolute atomic E-state index is 0.390. The van der Waals surface area contributed by atoms with Crippen molar-refractivity contribution in [2.24, 2.45) is 0 Å². The Hall–Kier alpha value is -1.42. The smallest absolute Gasteiger partial charge is 0.374 e. The fraction of sp³-hybridized carbons (Fsp3) is 0.111. The number of hydrogen-bond acceptors (Lipinski definition) is 2. The molecule has 1 N–H and O–H groups in total. The van der Waals surface area contributed by atoms with Crippen LogP contribution in [0.2, 0.25) is 0 Å². The van der Waals surface area contributed by atoms with Crippen LogP contribution in [0.15, 0.2) is 34.7 Å². The molecule has 1 heterocycles. The Morgan fingerprint density at radius 3 is 2.54 bits per heavy atom. The summed E-state index contributed by atoms with van der Waals surface area (Å²) in [6.07, 6.45) is 0. The van der Waals surface area contributed by atoms with Crippen LogP contribution >= 0.6 is 12.2 Å². The monoisotopic (exact) mass is 193 g/mol. The van der Waals surface area contributed by atoms with Gasteiger partial charge in [-0.3, -0.25) is 0 Å². The SMILES string of the molecule is Cc1oc(=S)[nH][n+]1-c1ccccc1. The molecule has 0 fully saturated rings. The van der Waals surface area contributed by atoms with Gasteiger partial charge in [0.2, 0.25) is 5.69 Å². The van der Waals surface area contributed by atoms with E-state index >= 15 is 0 Å². The molecule has 0 spiro atoms. The predicted octanol–water partition coefficient (Wildman–Crippen LogP) is 1.92. The van der Waals surface area contributed by atoms with Gasteiger partial charge in [0, 0.05) is 12.1 Å². The molecule has 0 aliphatic rings. The third-order valence-corrected chi connectivity index (χ3v) is 1.95. The van der Waals surface area contributed by atoms with Gasteiger partial charge in [0.1, 0.15) is 0 Å². The van der Waals surface area contributed by atoms with Crippen molar-refractivity contribution in [1.82, 2.24) is 5.10 Å². The van der Waals surface area contributed by atoms with Gasteiger partial charge in [-0.1, -0.05) is 18.2 Å². The topological polar surface area (TPSA) is 32.8 Å². The Morgan fingerprint density at radius 1 is 1.31 bits per heavy atom. The molecule has 0 aliphatic heterocycles. The maximum Gasteiger partial charge on any atom is 0.375 e. The minimum Gasteiger partial charge on any atom is -0.374 e. The molecular weight excluding hydrogens is 184 g/mol. The summed E-state index contributed by atoms with van der Waals surface area (Å²) < 4.78 is 7.00. The number of nitrogens with one attached hydrogen (secondary N) is 1. The number of nitrogens with zero attached hydrogens (tertiary/aromatic N) is 1. The number of H-pyrrole nitrogens is 1. The predicted molar refractivity (Wildman–Crippen MR) is 50.2 cm³/mol. The Balaban J connectivity index is 2.59. The van der Waals surface area contributed by atoms with Crippen molar-refractivity contribution in [1.29, 1.82) is 0 Å². The van der Waals surface area contributed by atoms with Crippen molar-refractivity contribution in [2.45, 2.75) is 6.92 Å². The van der Waals surface area contributed by atoms with Crippen molar-refractivity contribution in [3.63, 3.8) is 0 Å². The first-order valence-corrected chi connectivity index (χ1v) is 4.35. The summed E-state index contributed by atoms with van der Waals surface area (Å²) in [6, 6.07) is 9.85. The van der Waals surface area contributed by atoms with E-state index in [0.29, 0.717) is 4.84 Å². The fourth-order valence-electron chi connectivity index (χ4n) is 1.20. The van der Waals surface area contributed by atoms with E-state index in [1.165, 1.54) is 0 Å². The van der Waals surface area contributed by atoms with Gasteiger partial charge in [-0.2, -0.15) is 0 Å². The lowest BCUT2D eigenvalue weighted by atomic mass is 10.3. The van der Waals surface area contributed by atoms with Crippen LogP contribution in [0, 0.1) is 11.8 Å². The van der Waals surface area contributed by atoms with Gasteiger partial charge in [0.05, 0.1) is 6.92 Å². The van der Waals surface area contributed by atoms with Gasteiger partial charge < -0.3 is 4.42 Å². The first kappa shape index (κ1) is 8.19. The van der Waals surface area contributed by atoms with Crippen LogP contribution in [0.1, 0.15) is 5.89 Å². The van der Waals surface area contributed by atoms with Gasteiger partial charge in [0.15, 0.2) is 0 Å². The number of benzene rings is 1. The largest absolute Gasteiger partial charge is 0.375 e. The van der Waals surface area contributed by atoms with Crippen LogP contribution in [0.3, 0.4) is 0 Å². The number of aryl methyl sites for hydroxylation is 1. The van der Waals surface area contributed by atoms with Crippen LogP contribution in [-0.4, -0.2) is 5.10 Å². The van der Waals surface area contributed by atoms with E-state index in [4.69, 9.17) is 16.6 Å². The summed E-state index contributed by atoms with van der Waals surface area (Å²) in [4.78, 5) is 0.390. The molecule has 1 aromatic carbocycles. The molecule has 13 heavy (non-hydrogen) atoms. The van der Waals surface area contributed by atoms with Crippen LogP contribution in [0.4, 0.5) is 0 Å². The number of para-hydroxylation sites is 1. The summed E-state index contributed by atoms with van der Waals surface area (Å²) in [5, 5.41) is 2.93. The van der Waals surface area contributed by atoms with Gasteiger partial charge in [-0.15, -0.1) is 5.10 Å². The maximum atomic E-state index is 5.19. The second-order valence-corrected chi connectivity index (χ2v) is 3.06. The maximum absolute atomic E-state index is 5.19. The zero-order chi connectivity index (χ0) is 9.26. The highest BCUT2D eigenvalue weighted by Gasteiger charge is 2.13. The van der Waals surface area contributed by atoms with E-state index in [0.717, 1.165) is 11.6 Å². The van der Waals surface area contributed by atoms with Crippen molar-refractivity contribution in [3.8, 4) is 5.69 Å². The van der Waals surface area contributed by atoms with E-state index in [1.807, 2.05) is 41.9 Å². The minimum atomic E-state index is 0.390. The van der Waals surface area contributed by atoms with Crippen molar-refractivity contribution >= 4 is 12.2 Å². The van der Waals surface area contributed by atoms with Gasteiger partial charge >= 0.3 is 10.7 Å². The standard InChI is InChI=1S/C9H8N2OS/c1-7-11(10-9(13)12-7)8-5-3-2-4-6-8/h2-6H,1H3/p+1. The van der Waals surface area contributed by atoms with Crippen LogP contribution in [-0.2, 0) is 0 Å². The highest BCUT2D eigenvalue weighted by atomic mass is 32.1. The Labute approximate surface area is 80.6 Å². The fourth-order valence-corrected chi connectivity index (χ4v) is 1.41. The normalized spacial score (nSPS) is 10.2. The zero-order valence-corrected chi connectivity index (χ0v) is 7.97. The molecular formula is C9H9N2OS+. The lowest BCUT2D eigenvalue weighted by Crippen LogP contribution is -2.34. The van der Waals surface area contributed by atoms with Crippen LogP contribution in [0.25, 0.3) is 5.69 Å². The van der Waals surface area contributed by atoms with E-state index in [9.17, 15) is 0 Å². The molecule has 0 aliphatic carbocycles. The van der Waals surface area contributed by atoms with Crippen molar-refractivity contribution < 1.29 is 9.10 Å². The second-order valence-electron chi connectivity index (χ2n) is 2.69. The molecule has 2 aromatic rings. The first-order valence-electron chi connectivity index (χ1n) is 3.94. The number of rotatable bonds is 1. The lowest BCUT2D eigenvalue weighted by molar-refractivity contribution is -0.667. The van der Waals surface area contributed by atoms with E-state index in [2.05, 4.69) is 5.10 Å². The van der Waals surface area contributed by atoms with Crippen LogP contribution < -0.4 is 4.68 Å². The van der Waals surface area contributed by atoms with Gasteiger partial charge in [0.25, 0.3) is 0 Å². The summed E-state index contributed by atoms with van der Waals surface area (Å²) >= 11 is 4.88. The zero-order valence-electron chi connectivity index (χ0n) is 7.15. The highest BCUT2D eigenvalue weighted by Crippen LogP contribution is 1.99. The Bertz CT molecular complexity index is 458. The summed E-state index contributed by atoms with van der Waals surface area (Å²) in [5.41, 5.74) is 1.01. The molecule has 4 heteroatoms. The Kier molecular flexibility index (Phi) is 1.98. The average molecular weight is 193 g/mol. The van der Waals surface area contributed by atoms with E-state index in [1.54, 1.807) is 0 Å². The molecule has 3 nitrogen and oxygen atoms in total. The third-order valence-electron chi connectivity index (χ3n) is 1.77.